The highest BCUT2D eigenvalue weighted by atomic mass is 32.2. The minimum atomic E-state index is -0.793. The number of aromatic nitrogens is 1. The Kier molecular flexibility index (Phi) is 6.39. The number of benzene rings is 2. The number of hydrogen-bond acceptors (Lipinski definition) is 7. The first-order valence-electron chi connectivity index (χ1n) is 12.8. The first-order valence-corrected chi connectivity index (χ1v) is 14.4. The third kappa shape index (κ3) is 4.06. The number of phenols is 1. The normalized spacial score (nSPS) is 22.9. The quantitative estimate of drug-likeness (QED) is 0.498. The van der Waals surface area contributed by atoms with Crippen molar-refractivity contribution in [2.75, 3.05) is 18.0 Å². The molecule has 0 unspecified atom stereocenters. The highest BCUT2D eigenvalue weighted by molar-refractivity contribution is 8.00. The second-order valence-corrected chi connectivity index (χ2v) is 12.1. The summed E-state index contributed by atoms with van der Waals surface area (Å²) in [6.07, 6.45) is 2.98. The van der Waals surface area contributed by atoms with Crippen LogP contribution in [0.5, 0.6) is 5.75 Å². The van der Waals surface area contributed by atoms with Crippen LogP contribution in [0, 0.1) is 12.8 Å². The first kappa shape index (κ1) is 24.9. The lowest BCUT2D eigenvalue weighted by Gasteiger charge is -2.31. The number of phenolic OH excluding ortho intramolecular Hbond substituents is 1. The van der Waals surface area contributed by atoms with Gasteiger partial charge in [-0.2, -0.15) is 0 Å². The summed E-state index contributed by atoms with van der Waals surface area (Å²) in [7, 11) is 0. The Bertz CT molecular complexity index is 1490. The van der Waals surface area contributed by atoms with Gasteiger partial charge in [0.05, 0.1) is 16.6 Å². The number of thioether (sulfide) groups is 1. The van der Waals surface area contributed by atoms with E-state index in [1.165, 1.54) is 21.2 Å². The molecule has 196 valence electrons. The second-order valence-electron chi connectivity index (χ2n) is 10.0. The number of para-hydroxylation sites is 1. The number of amides is 3. The van der Waals surface area contributed by atoms with Crippen molar-refractivity contribution in [1.82, 2.24) is 9.47 Å². The first-order chi connectivity index (χ1) is 18.3. The van der Waals surface area contributed by atoms with Gasteiger partial charge in [0.2, 0.25) is 17.7 Å². The molecule has 2 saturated heterocycles. The number of aryl methyl sites for hydroxylation is 1. The molecule has 3 aliphatic heterocycles. The zero-order chi connectivity index (χ0) is 26.6. The van der Waals surface area contributed by atoms with E-state index in [4.69, 9.17) is 0 Å². The molecule has 2 fully saturated rings. The molecule has 0 saturated carbocycles. The third-order valence-corrected chi connectivity index (χ3v) is 10.2. The van der Waals surface area contributed by atoms with Crippen molar-refractivity contribution in [2.24, 2.45) is 5.92 Å². The molecule has 1 N–H and O–H groups in total. The van der Waals surface area contributed by atoms with Gasteiger partial charge in [-0.15, -0.1) is 0 Å². The number of anilines is 1. The maximum absolute atomic E-state index is 13.9. The Morgan fingerprint density at radius 1 is 0.974 bits per heavy atom. The Morgan fingerprint density at radius 3 is 2.39 bits per heavy atom. The van der Waals surface area contributed by atoms with E-state index in [1.807, 2.05) is 19.1 Å². The number of hydrogen-bond donors (Lipinski definition) is 1. The summed E-state index contributed by atoms with van der Waals surface area (Å²) in [5.74, 6) is -2.31. The topological polar surface area (TPSA) is 99.9 Å². The highest BCUT2D eigenvalue weighted by Crippen LogP contribution is 2.55. The molecule has 0 bridgehead atoms. The molecule has 38 heavy (non-hydrogen) atoms. The summed E-state index contributed by atoms with van der Waals surface area (Å²) in [5, 5.41) is 10.6. The number of piperidine rings is 1. The van der Waals surface area contributed by atoms with E-state index in [-0.39, 0.29) is 34.9 Å². The molecule has 10 heteroatoms. The molecule has 1 aromatic heterocycles. The average Bonchev–Trinajstić information content (AvgIpc) is 3.36. The van der Waals surface area contributed by atoms with E-state index in [9.17, 15) is 24.3 Å². The number of fused-ring (bicyclic) bond motifs is 2. The fourth-order valence-corrected chi connectivity index (χ4v) is 8.43. The summed E-state index contributed by atoms with van der Waals surface area (Å²) < 4.78 is 1.46. The van der Waals surface area contributed by atoms with Crippen molar-refractivity contribution < 1.29 is 19.5 Å². The molecular formula is C28H27N3O5S2. The zero-order valence-electron chi connectivity index (χ0n) is 20.8. The Morgan fingerprint density at radius 2 is 1.68 bits per heavy atom. The van der Waals surface area contributed by atoms with Crippen LogP contribution >= 0.6 is 23.1 Å². The summed E-state index contributed by atoms with van der Waals surface area (Å²) in [4.78, 5) is 57.3. The molecular weight excluding hydrogens is 522 g/mol. The van der Waals surface area contributed by atoms with Crippen molar-refractivity contribution in [3.05, 3.63) is 74.2 Å². The Balaban J connectivity index is 1.45. The van der Waals surface area contributed by atoms with Crippen LogP contribution in [0.3, 0.4) is 0 Å². The van der Waals surface area contributed by atoms with E-state index in [1.54, 1.807) is 41.3 Å². The molecule has 3 aliphatic rings. The van der Waals surface area contributed by atoms with E-state index in [0.29, 0.717) is 34.2 Å². The standard InChI is InChI=1S/C28H27N3O5S2/c1-16-9-11-17(12-10-16)31-25(34)22-21(18-7-3-4-8-19(18)32)24-27(37-23(22)26(31)35)30(28(36)38-24)15-20(33)29-13-5-2-6-14-29/h3-4,7-12,21-23,32H,2,5-6,13-15H2,1H3/t21-,22+,23-/m0/s1. The molecule has 8 nitrogen and oxygen atoms in total. The van der Waals surface area contributed by atoms with Crippen molar-refractivity contribution >= 4 is 46.5 Å². The molecule has 3 aromatic rings. The van der Waals surface area contributed by atoms with Crippen LogP contribution in [0.15, 0.2) is 58.4 Å². The molecule has 6 rings (SSSR count). The number of likely N-dealkylation sites (tertiary alicyclic amines) is 1. The Hall–Kier alpha value is -3.37. The second kappa shape index (κ2) is 9.74. The highest BCUT2D eigenvalue weighted by Gasteiger charge is 2.57. The fourth-order valence-electron chi connectivity index (χ4n) is 5.67. The van der Waals surface area contributed by atoms with Gasteiger partial charge < -0.3 is 10.0 Å². The summed E-state index contributed by atoms with van der Waals surface area (Å²) >= 11 is 2.18. The van der Waals surface area contributed by atoms with Crippen molar-refractivity contribution in [3.63, 3.8) is 0 Å². The number of thiazole rings is 1. The third-order valence-electron chi connectivity index (χ3n) is 7.62. The van der Waals surface area contributed by atoms with Crippen LogP contribution in [-0.2, 0) is 20.9 Å². The lowest BCUT2D eigenvalue weighted by Crippen LogP contribution is -2.39. The van der Waals surface area contributed by atoms with E-state index < -0.39 is 17.1 Å². The van der Waals surface area contributed by atoms with Crippen LogP contribution < -0.4 is 9.77 Å². The molecule has 0 spiro atoms. The predicted molar refractivity (Wildman–Crippen MR) is 146 cm³/mol. The van der Waals surface area contributed by atoms with Gasteiger partial charge in [-0.05, 0) is 44.4 Å². The predicted octanol–water partition coefficient (Wildman–Crippen LogP) is 3.73. The van der Waals surface area contributed by atoms with Crippen LogP contribution in [0.1, 0.15) is 41.2 Å². The average molecular weight is 550 g/mol. The minimum Gasteiger partial charge on any atom is -0.508 e. The van der Waals surface area contributed by atoms with Crippen molar-refractivity contribution in [1.29, 1.82) is 0 Å². The van der Waals surface area contributed by atoms with Gasteiger partial charge in [-0.1, -0.05) is 59.0 Å². The zero-order valence-corrected chi connectivity index (χ0v) is 22.5. The minimum absolute atomic E-state index is 0.0000676. The Labute approximate surface area is 227 Å². The maximum atomic E-state index is 13.9. The number of carbonyl (C=O) groups excluding carboxylic acids is 3. The summed E-state index contributed by atoms with van der Waals surface area (Å²) in [6, 6.07) is 14.0. The number of nitrogens with zero attached hydrogens (tertiary/aromatic N) is 3. The molecule has 2 aromatic carbocycles. The monoisotopic (exact) mass is 549 g/mol. The van der Waals surface area contributed by atoms with E-state index in [0.717, 1.165) is 36.2 Å². The summed E-state index contributed by atoms with van der Waals surface area (Å²) in [6.45, 7) is 3.18. The van der Waals surface area contributed by atoms with E-state index >= 15 is 0 Å². The van der Waals surface area contributed by atoms with Gasteiger partial charge in [-0.25, -0.2) is 4.90 Å². The van der Waals surface area contributed by atoms with Crippen molar-refractivity contribution in [2.45, 2.75) is 48.9 Å². The lowest BCUT2D eigenvalue weighted by atomic mass is 9.82. The van der Waals surface area contributed by atoms with Gasteiger partial charge in [0.25, 0.3) is 0 Å². The lowest BCUT2D eigenvalue weighted by molar-refractivity contribution is -0.133. The van der Waals surface area contributed by atoms with Gasteiger partial charge >= 0.3 is 4.87 Å². The van der Waals surface area contributed by atoms with E-state index in [2.05, 4.69) is 0 Å². The van der Waals surface area contributed by atoms with Gasteiger partial charge in [0.15, 0.2) is 0 Å². The van der Waals surface area contributed by atoms with Gasteiger partial charge in [0.1, 0.15) is 17.5 Å². The SMILES string of the molecule is Cc1ccc(N2C(=O)[C@@H]3[C@H](c4ccccc4O)c4sc(=O)n(CC(=O)N5CCCCC5)c4S[C@@H]3C2=O)cc1. The van der Waals surface area contributed by atoms with Crippen LogP contribution in [0.2, 0.25) is 0 Å². The largest absolute Gasteiger partial charge is 0.508 e. The molecule has 0 aliphatic carbocycles. The molecule has 4 heterocycles. The smallest absolute Gasteiger partial charge is 0.308 e. The molecule has 3 atom stereocenters. The van der Waals surface area contributed by atoms with Crippen molar-refractivity contribution in [3.8, 4) is 5.75 Å². The van der Waals surface area contributed by atoms with Crippen LogP contribution in [-0.4, -0.2) is 50.6 Å². The number of aromatic hydroxyl groups is 1. The van der Waals surface area contributed by atoms with Crippen LogP contribution in [0.4, 0.5) is 5.69 Å². The van der Waals surface area contributed by atoms with Gasteiger partial charge in [-0.3, -0.25) is 23.7 Å². The summed E-state index contributed by atoms with van der Waals surface area (Å²) in [5.41, 5.74) is 2.00. The maximum Gasteiger partial charge on any atom is 0.308 e. The number of rotatable bonds is 4. The number of carbonyl (C=O) groups is 3. The molecule has 3 amide bonds. The molecule has 0 radical (unpaired) electrons. The van der Waals surface area contributed by atoms with Gasteiger partial charge in [0, 0.05) is 29.4 Å². The van der Waals surface area contributed by atoms with Crippen LogP contribution in [0.25, 0.3) is 0 Å². The number of imide groups is 1. The fraction of sp³-hybridized carbons (Fsp3) is 0.357.